The van der Waals surface area contributed by atoms with Crippen LogP contribution in [0.15, 0.2) is 34.9 Å². The van der Waals surface area contributed by atoms with Crippen LogP contribution < -0.4 is 0 Å². The molecular formula is C11H15NOS. The normalized spacial score (nSPS) is 20.6. The number of thioether (sulfide) groups is 1. The number of allylic oxidation sites excluding steroid dienone is 5. The first-order valence-electron chi connectivity index (χ1n) is 4.87. The highest BCUT2D eigenvalue weighted by molar-refractivity contribution is 8.02. The van der Waals surface area contributed by atoms with Crippen LogP contribution in [0.4, 0.5) is 0 Å². The van der Waals surface area contributed by atoms with Crippen LogP contribution in [0.25, 0.3) is 0 Å². The van der Waals surface area contributed by atoms with Gasteiger partial charge in [-0.05, 0) is 6.26 Å². The molecule has 0 aromatic rings. The molecule has 0 saturated carbocycles. The molecule has 0 atom stereocenters. The van der Waals surface area contributed by atoms with E-state index in [0.717, 1.165) is 26.3 Å². The van der Waals surface area contributed by atoms with Gasteiger partial charge in [-0.25, -0.2) is 0 Å². The maximum Gasteiger partial charge on any atom is 0.0780 e. The zero-order valence-corrected chi connectivity index (χ0v) is 9.22. The fourth-order valence-electron chi connectivity index (χ4n) is 1.71. The average molecular weight is 209 g/mol. The second-order valence-electron chi connectivity index (χ2n) is 3.28. The molecule has 0 unspecified atom stereocenters. The van der Waals surface area contributed by atoms with E-state index >= 15 is 0 Å². The number of nitrogens with zero attached hydrogens (tertiary/aromatic N) is 1. The molecule has 1 aliphatic heterocycles. The second kappa shape index (κ2) is 4.71. The summed E-state index contributed by atoms with van der Waals surface area (Å²) in [6.07, 6.45) is 10.7. The van der Waals surface area contributed by atoms with Crippen molar-refractivity contribution >= 4 is 11.8 Å². The lowest BCUT2D eigenvalue weighted by molar-refractivity contribution is 0.0575. The highest BCUT2D eigenvalue weighted by Gasteiger charge is 2.15. The van der Waals surface area contributed by atoms with Gasteiger partial charge < -0.3 is 9.64 Å². The zero-order chi connectivity index (χ0) is 9.80. The van der Waals surface area contributed by atoms with Crippen molar-refractivity contribution in [1.82, 2.24) is 4.90 Å². The van der Waals surface area contributed by atoms with E-state index in [-0.39, 0.29) is 0 Å². The maximum atomic E-state index is 5.35. The van der Waals surface area contributed by atoms with E-state index in [1.54, 1.807) is 0 Å². The van der Waals surface area contributed by atoms with Gasteiger partial charge in [0.25, 0.3) is 0 Å². The predicted molar refractivity (Wildman–Crippen MR) is 61.2 cm³/mol. The van der Waals surface area contributed by atoms with Crippen molar-refractivity contribution in [3.63, 3.8) is 0 Å². The molecule has 2 rings (SSSR count). The predicted octanol–water partition coefficient (Wildman–Crippen LogP) is 2.02. The van der Waals surface area contributed by atoms with Crippen LogP contribution in [0.1, 0.15) is 0 Å². The summed E-state index contributed by atoms with van der Waals surface area (Å²) in [7, 11) is 0. The van der Waals surface area contributed by atoms with Gasteiger partial charge in [-0.3, -0.25) is 0 Å². The van der Waals surface area contributed by atoms with Gasteiger partial charge in [-0.15, -0.1) is 11.8 Å². The standard InChI is InChI=1S/C11H15NOS/c1-14-11(10-4-2-3-5-10)12-6-8-13-9-7-12/h2-5H,6-9H2,1H3. The van der Waals surface area contributed by atoms with Crippen LogP contribution in [0.2, 0.25) is 0 Å². The fraction of sp³-hybridized carbons (Fsp3) is 0.455. The van der Waals surface area contributed by atoms with Gasteiger partial charge in [-0.2, -0.15) is 0 Å². The molecular weight excluding hydrogens is 194 g/mol. The van der Waals surface area contributed by atoms with E-state index < -0.39 is 0 Å². The molecule has 0 N–H and O–H groups in total. The quantitative estimate of drug-likeness (QED) is 0.690. The molecule has 1 heterocycles. The topological polar surface area (TPSA) is 12.5 Å². The summed E-state index contributed by atoms with van der Waals surface area (Å²) in [5.74, 6) is 0. The maximum absolute atomic E-state index is 5.35. The number of hydrogen-bond acceptors (Lipinski definition) is 3. The van der Waals surface area contributed by atoms with Gasteiger partial charge in [0.05, 0.1) is 18.2 Å². The highest BCUT2D eigenvalue weighted by atomic mass is 32.2. The van der Waals surface area contributed by atoms with E-state index in [1.165, 1.54) is 10.6 Å². The molecule has 14 heavy (non-hydrogen) atoms. The molecule has 0 aromatic heterocycles. The van der Waals surface area contributed by atoms with Crippen LogP contribution in [-0.4, -0.2) is 37.5 Å². The van der Waals surface area contributed by atoms with Crippen LogP contribution in [0.3, 0.4) is 0 Å². The Hall–Kier alpha value is -0.670. The van der Waals surface area contributed by atoms with Gasteiger partial charge >= 0.3 is 0 Å². The minimum Gasteiger partial charge on any atom is -0.378 e. The minimum absolute atomic E-state index is 0.852. The van der Waals surface area contributed by atoms with Crippen molar-refractivity contribution < 1.29 is 4.74 Å². The van der Waals surface area contributed by atoms with E-state index in [2.05, 4.69) is 35.5 Å². The third-order valence-electron chi connectivity index (χ3n) is 2.40. The van der Waals surface area contributed by atoms with Gasteiger partial charge in [0, 0.05) is 18.7 Å². The largest absolute Gasteiger partial charge is 0.378 e. The Morgan fingerprint density at radius 2 is 1.93 bits per heavy atom. The molecule has 1 aliphatic carbocycles. The molecule has 1 saturated heterocycles. The first-order valence-corrected chi connectivity index (χ1v) is 6.10. The Bertz CT molecular complexity index is 274. The number of ether oxygens (including phenoxy) is 1. The number of rotatable bonds is 2. The highest BCUT2D eigenvalue weighted by Crippen LogP contribution is 2.26. The molecule has 0 amide bonds. The van der Waals surface area contributed by atoms with E-state index in [1.807, 2.05) is 11.8 Å². The molecule has 2 aliphatic rings. The Kier molecular flexibility index (Phi) is 3.32. The summed E-state index contributed by atoms with van der Waals surface area (Å²) in [6, 6.07) is 0. The van der Waals surface area contributed by atoms with Gasteiger partial charge in [0.1, 0.15) is 0 Å². The Morgan fingerprint density at radius 3 is 2.50 bits per heavy atom. The minimum atomic E-state index is 0.852. The number of morpholine rings is 1. The lowest BCUT2D eigenvalue weighted by Gasteiger charge is -2.30. The zero-order valence-electron chi connectivity index (χ0n) is 8.40. The van der Waals surface area contributed by atoms with E-state index in [0.29, 0.717) is 0 Å². The molecule has 0 radical (unpaired) electrons. The van der Waals surface area contributed by atoms with Crippen molar-refractivity contribution in [2.75, 3.05) is 32.6 Å². The fourth-order valence-corrected chi connectivity index (χ4v) is 2.53. The number of hydrogen-bond donors (Lipinski definition) is 0. The summed E-state index contributed by atoms with van der Waals surface area (Å²) in [5, 5.41) is 1.37. The van der Waals surface area contributed by atoms with Crippen molar-refractivity contribution in [3.8, 4) is 0 Å². The lowest BCUT2D eigenvalue weighted by atomic mass is 10.3. The smallest absolute Gasteiger partial charge is 0.0780 e. The summed E-state index contributed by atoms with van der Waals surface area (Å²) >= 11 is 1.82. The lowest BCUT2D eigenvalue weighted by Crippen LogP contribution is -2.35. The van der Waals surface area contributed by atoms with Crippen LogP contribution in [0, 0.1) is 0 Å². The molecule has 0 spiro atoms. The molecule has 0 aromatic carbocycles. The van der Waals surface area contributed by atoms with Crippen molar-refractivity contribution in [2.24, 2.45) is 0 Å². The molecule has 0 bridgehead atoms. The molecule has 1 fully saturated rings. The van der Waals surface area contributed by atoms with Crippen molar-refractivity contribution in [2.45, 2.75) is 0 Å². The third kappa shape index (κ3) is 2.04. The van der Waals surface area contributed by atoms with Crippen LogP contribution in [0.5, 0.6) is 0 Å². The Morgan fingerprint density at radius 1 is 1.29 bits per heavy atom. The van der Waals surface area contributed by atoms with E-state index in [4.69, 9.17) is 4.74 Å². The second-order valence-corrected chi connectivity index (χ2v) is 4.08. The third-order valence-corrected chi connectivity index (χ3v) is 3.28. The first-order chi connectivity index (χ1) is 6.92. The van der Waals surface area contributed by atoms with Crippen molar-refractivity contribution in [1.29, 1.82) is 0 Å². The Labute approximate surface area is 89.3 Å². The molecule has 76 valence electrons. The first kappa shape index (κ1) is 9.87. The Balaban J connectivity index is 2.15. The van der Waals surface area contributed by atoms with E-state index in [9.17, 15) is 0 Å². The van der Waals surface area contributed by atoms with Crippen molar-refractivity contribution in [3.05, 3.63) is 34.9 Å². The molecule has 2 nitrogen and oxygen atoms in total. The summed E-state index contributed by atoms with van der Waals surface area (Å²) < 4.78 is 5.35. The SMILES string of the molecule is CSC(=C1C=CC=C1)N1CCOCC1. The van der Waals surface area contributed by atoms with Gasteiger partial charge in [0.2, 0.25) is 0 Å². The molecule has 3 heteroatoms. The van der Waals surface area contributed by atoms with Crippen LogP contribution in [-0.2, 0) is 4.74 Å². The summed E-state index contributed by atoms with van der Waals surface area (Å²) in [4.78, 5) is 2.41. The summed E-state index contributed by atoms with van der Waals surface area (Å²) in [6.45, 7) is 3.73. The van der Waals surface area contributed by atoms with Gasteiger partial charge in [-0.1, -0.05) is 24.3 Å². The monoisotopic (exact) mass is 209 g/mol. The summed E-state index contributed by atoms with van der Waals surface area (Å²) in [5.41, 5.74) is 1.33. The van der Waals surface area contributed by atoms with Gasteiger partial charge in [0.15, 0.2) is 0 Å². The van der Waals surface area contributed by atoms with Crippen LogP contribution >= 0.6 is 11.8 Å². The average Bonchev–Trinajstić information content (AvgIpc) is 2.74.